The van der Waals surface area contributed by atoms with Crippen LogP contribution in [0.3, 0.4) is 0 Å². The quantitative estimate of drug-likeness (QED) is 0.519. The molecule has 0 bridgehead atoms. The predicted molar refractivity (Wildman–Crippen MR) is 118 cm³/mol. The number of fused-ring (bicyclic) bond motifs is 1. The first-order valence-electron chi connectivity index (χ1n) is 9.81. The van der Waals surface area contributed by atoms with E-state index < -0.39 is 0 Å². The largest absolute Gasteiger partial charge is 0.332 e. The number of anilines is 1. The Morgan fingerprint density at radius 1 is 1.10 bits per heavy atom. The Morgan fingerprint density at radius 3 is 2.53 bits per heavy atom. The van der Waals surface area contributed by atoms with E-state index in [0.717, 1.165) is 24.0 Å². The van der Waals surface area contributed by atoms with Crippen molar-refractivity contribution in [3.8, 4) is 11.1 Å². The van der Waals surface area contributed by atoms with Crippen LogP contribution in [-0.4, -0.2) is 20.0 Å². The number of hydrogen-bond acceptors (Lipinski definition) is 3. The topological polar surface area (TPSA) is 68.9 Å². The monoisotopic (exact) mass is 418 g/mol. The van der Waals surface area contributed by atoms with Crippen molar-refractivity contribution < 1.29 is 4.79 Å². The minimum absolute atomic E-state index is 0.0115. The van der Waals surface area contributed by atoms with Gasteiger partial charge in [-0.05, 0) is 42.7 Å². The van der Waals surface area contributed by atoms with Crippen molar-refractivity contribution in [1.29, 1.82) is 0 Å². The molecule has 0 radical (unpaired) electrons. The third kappa shape index (κ3) is 3.50. The zero-order chi connectivity index (χ0) is 20.7. The van der Waals surface area contributed by atoms with Crippen LogP contribution in [0.5, 0.6) is 0 Å². The maximum atomic E-state index is 13.2. The molecule has 7 heteroatoms. The second kappa shape index (κ2) is 7.46. The number of carbonyl (C=O) groups is 1. The number of amides is 1. The van der Waals surface area contributed by atoms with E-state index >= 15 is 0 Å². The second-order valence-corrected chi connectivity index (χ2v) is 7.91. The molecule has 5 rings (SSSR count). The molecule has 0 atom stereocenters. The van der Waals surface area contributed by atoms with Gasteiger partial charge < -0.3 is 9.88 Å². The highest BCUT2D eigenvalue weighted by atomic mass is 35.5. The molecule has 0 unspecified atom stereocenters. The van der Waals surface area contributed by atoms with Crippen molar-refractivity contribution in [1.82, 2.24) is 14.1 Å². The Bertz CT molecular complexity index is 1290. The lowest BCUT2D eigenvalue weighted by Crippen LogP contribution is -2.24. The van der Waals surface area contributed by atoms with Crippen molar-refractivity contribution >= 4 is 34.2 Å². The van der Waals surface area contributed by atoms with Gasteiger partial charge in [0.1, 0.15) is 17.6 Å². The van der Waals surface area contributed by atoms with Crippen LogP contribution < -0.4 is 10.9 Å². The summed E-state index contributed by atoms with van der Waals surface area (Å²) in [5, 5.41) is 3.45. The van der Waals surface area contributed by atoms with E-state index in [4.69, 9.17) is 11.6 Å². The van der Waals surface area contributed by atoms with Gasteiger partial charge in [0, 0.05) is 28.5 Å². The Labute approximate surface area is 177 Å². The number of benzene rings is 2. The first kappa shape index (κ1) is 18.6. The van der Waals surface area contributed by atoms with Crippen LogP contribution >= 0.6 is 11.6 Å². The molecule has 6 nitrogen and oxygen atoms in total. The van der Waals surface area contributed by atoms with E-state index in [-0.39, 0.29) is 24.1 Å². The highest BCUT2D eigenvalue weighted by Gasteiger charge is 2.27. The summed E-state index contributed by atoms with van der Waals surface area (Å²) in [6.45, 7) is 0.0115. The first-order valence-corrected chi connectivity index (χ1v) is 10.2. The predicted octanol–water partition coefficient (Wildman–Crippen LogP) is 4.49. The van der Waals surface area contributed by atoms with Gasteiger partial charge in [-0.2, -0.15) is 0 Å². The summed E-state index contributed by atoms with van der Waals surface area (Å²) in [5.74, 6) is -0.227. The van der Waals surface area contributed by atoms with Gasteiger partial charge in [0.2, 0.25) is 5.91 Å². The molecule has 0 aliphatic heterocycles. The van der Waals surface area contributed by atoms with E-state index in [1.165, 1.54) is 0 Å². The van der Waals surface area contributed by atoms with Gasteiger partial charge >= 0.3 is 0 Å². The average molecular weight is 419 g/mol. The lowest BCUT2D eigenvalue weighted by atomic mass is 10.1. The fourth-order valence-corrected chi connectivity index (χ4v) is 3.78. The van der Waals surface area contributed by atoms with Crippen molar-refractivity contribution in [2.45, 2.75) is 25.4 Å². The minimum Gasteiger partial charge on any atom is -0.332 e. The van der Waals surface area contributed by atoms with Crippen LogP contribution in [-0.2, 0) is 11.3 Å². The summed E-state index contributed by atoms with van der Waals surface area (Å²) >= 11 is 5.91. The molecule has 1 aliphatic rings. The van der Waals surface area contributed by atoms with E-state index in [2.05, 4.69) is 10.3 Å². The standard InChI is InChI=1S/C23H19ClN4O2/c24-16-6-8-17(9-7-16)26-20(29)13-27-12-19(15-4-2-1-3-5-15)21-22(27)23(30)28(14-25-21)18-10-11-18/h1-9,12,14,18H,10-11,13H2,(H,26,29). The molecule has 1 fully saturated rings. The van der Waals surface area contributed by atoms with Gasteiger partial charge in [0.25, 0.3) is 5.56 Å². The number of halogens is 1. The van der Waals surface area contributed by atoms with Crippen LogP contribution in [0.4, 0.5) is 5.69 Å². The molecule has 4 aromatic rings. The first-order chi connectivity index (χ1) is 14.6. The van der Waals surface area contributed by atoms with Gasteiger partial charge in [-0.15, -0.1) is 0 Å². The fraction of sp³-hybridized carbons (Fsp3) is 0.174. The highest BCUT2D eigenvalue weighted by Crippen LogP contribution is 2.34. The zero-order valence-electron chi connectivity index (χ0n) is 16.1. The molecule has 30 heavy (non-hydrogen) atoms. The summed E-state index contributed by atoms with van der Waals surface area (Å²) in [6, 6.07) is 16.9. The van der Waals surface area contributed by atoms with Crippen LogP contribution in [0.15, 0.2) is 71.9 Å². The lowest BCUT2D eigenvalue weighted by molar-refractivity contribution is -0.116. The fourth-order valence-electron chi connectivity index (χ4n) is 3.65. The summed E-state index contributed by atoms with van der Waals surface area (Å²) in [7, 11) is 0. The van der Waals surface area contributed by atoms with Gasteiger partial charge in [-0.25, -0.2) is 4.98 Å². The summed E-state index contributed by atoms with van der Waals surface area (Å²) in [6.07, 6.45) is 5.44. The number of hydrogen-bond donors (Lipinski definition) is 1. The van der Waals surface area contributed by atoms with Crippen LogP contribution in [0.2, 0.25) is 5.02 Å². The molecular weight excluding hydrogens is 400 g/mol. The molecule has 2 heterocycles. The minimum atomic E-state index is -0.227. The molecule has 0 saturated heterocycles. The molecule has 150 valence electrons. The maximum Gasteiger partial charge on any atom is 0.278 e. The van der Waals surface area contributed by atoms with Gasteiger partial charge in [0.15, 0.2) is 0 Å². The number of carbonyl (C=O) groups excluding carboxylic acids is 1. The lowest BCUT2D eigenvalue weighted by Gasteiger charge is -2.08. The average Bonchev–Trinajstić information content (AvgIpc) is 3.52. The molecule has 1 amide bonds. The molecule has 1 aliphatic carbocycles. The molecule has 2 aromatic heterocycles. The number of aromatic nitrogens is 3. The Balaban J connectivity index is 1.56. The summed E-state index contributed by atoms with van der Waals surface area (Å²) in [4.78, 5) is 30.5. The Morgan fingerprint density at radius 2 is 1.83 bits per heavy atom. The molecule has 1 N–H and O–H groups in total. The number of nitrogens with zero attached hydrogens (tertiary/aromatic N) is 3. The van der Waals surface area contributed by atoms with E-state index in [0.29, 0.717) is 21.7 Å². The molecule has 1 saturated carbocycles. The normalized spacial score (nSPS) is 13.5. The van der Waals surface area contributed by atoms with Gasteiger partial charge in [-0.3, -0.25) is 14.2 Å². The highest BCUT2D eigenvalue weighted by molar-refractivity contribution is 6.30. The van der Waals surface area contributed by atoms with Crippen molar-refractivity contribution in [2.75, 3.05) is 5.32 Å². The zero-order valence-corrected chi connectivity index (χ0v) is 16.8. The second-order valence-electron chi connectivity index (χ2n) is 7.48. The summed E-state index contributed by atoms with van der Waals surface area (Å²) < 4.78 is 3.39. The smallest absolute Gasteiger partial charge is 0.278 e. The van der Waals surface area contributed by atoms with E-state index in [9.17, 15) is 9.59 Å². The van der Waals surface area contributed by atoms with Crippen molar-refractivity contribution in [2.24, 2.45) is 0 Å². The van der Waals surface area contributed by atoms with Crippen LogP contribution in [0, 0.1) is 0 Å². The van der Waals surface area contributed by atoms with Crippen molar-refractivity contribution in [3.63, 3.8) is 0 Å². The van der Waals surface area contributed by atoms with Crippen LogP contribution in [0.25, 0.3) is 22.2 Å². The maximum absolute atomic E-state index is 13.2. The number of rotatable bonds is 5. The van der Waals surface area contributed by atoms with Gasteiger partial charge in [-0.1, -0.05) is 41.9 Å². The van der Waals surface area contributed by atoms with Gasteiger partial charge in [0.05, 0.1) is 6.33 Å². The van der Waals surface area contributed by atoms with Crippen molar-refractivity contribution in [3.05, 3.63) is 82.5 Å². The third-order valence-electron chi connectivity index (χ3n) is 5.27. The molecule has 2 aromatic carbocycles. The van der Waals surface area contributed by atoms with Crippen LogP contribution in [0.1, 0.15) is 18.9 Å². The molecule has 0 spiro atoms. The third-order valence-corrected chi connectivity index (χ3v) is 5.52. The molecular formula is C23H19ClN4O2. The van der Waals surface area contributed by atoms with E-state index in [1.807, 2.05) is 36.5 Å². The number of nitrogens with one attached hydrogen (secondary N) is 1. The Hall–Kier alpha value is -3.38. The SMILES string of the molecule is O=C(Cn1cc(-c2ccccc2)c2ncn(C3CC3)c(=O)c21)Nc1ccc(Cl)cc1. The Kier molecular flexibility index (Phi) is 4.64. The summed E-state index contributed by atoms with van der Waals surface area (Å²) in [5.41, 5.74) is 3.40. The van der Waals surface area contributed by atoms with E-state index in [1.54, 1.807) is 39.7 Å².